The summed E-state index contributed by atoms with van der Waals surface area (Å²) in [6.07, 6.45) is 0. The van der Waals surface area contributed by atoms with Gasteiger partial charge in [-0.25, -0.2) is 13.1 Å². The van der Waals surface area contributed by atoms with Crippen LogP contribution in [0.3, 0.4) is 0 Å². The summed E-state index contributed by atoms with van der Waals surface area (Å²) >= 11 is 0. The van der Waals surface area contributed by atoms with Crippen LogP contribution in [0.2, 0.25) is 0 Å². The number of benzene rings is 2. The molecule has 0 aliphatic rings. The van der Waals surface area contributed by atoms with Gasteiger partial charge in [0.25, 0.3) is 0 Å². The van der Waals surface area contributed by atoms with E-state index in [1.165, 1.54) is 0 Å². The number of sulfonamides is 1. The van der Waals surface area contributed by atoms with Crippen LogP contribution in [0, 0.1) is 0 Å². The summed E-state index contributed by atoms with van der Waals surface area (Å²) in [6, 6.07) is 18.9. The zero-order chi connectivity index (χ0) is 14.6. The van der Waals surface area contributed by atoms with E-state index in [-0.39, 0.29) is 6.04 Å². The summed E-state index contributed by atoms with van der Waals surface area (Å²) < 4.78 is 27.2. The molecule has 0 aliphatic carbocycles. The van der Waals surface area contributed by atoms with Gasteiger partial charge in [-0.15, -0.1) is 0 Å². The Kier molecular flexibility index (Phi) is 4.57. The first-order chi connectivity index (χ1) is 9.50. The predicted octanol–water partition coefficient (Wildman–Crippen LogP) is 3.10. The average Bonchev–Trinajstić information content (AvgIpc) is 2.46. The van der Waals surface area contributed by atoms with Crippen LogP contribution >= 0.6 is 0 Å². The summed E-state index contributed by atoms with van der Waals surface area (Å²) in [6.45, 7) is 3.35. The van der Waals surface area contributed by atoms with E-state index in [2.05, 4.69) is 4.72 Å². The minimum atomic E-state index is -3.34. The van der Waals surface area contributed by atoms with E-state index in [0.29, 0.717) is 0 Å². The lowest BCUT2D eigenvalue weighted by molar-refractivity contribution is 0.563. The third-order valence-corrected chi connectivity index (χ3v) is 4.97. The highest BCUT2D eigenvalue weighted by Gasteiger charge is 2.23. The maximum atomic E-state index is 12.2. The molecular formula is C16H19NO2S. The first-order valence-electron chi connectivity index (χ1n) is 6.62. The van der Waals surface area contributed by atoms with Crippen molar-refractivity contribution >= 4 is 10.0 Å². The van der Waals surface area contributed by atoms with Crippen molar-refractivity contribution in [1.82, 2.24) is 4.72 Å². The molecule has 0 saturated carbocycles. The monoisotopic (exact) mass is 289 g/mol. The van der Waals surface area contributed by atoms with Crippen LogP contribution in [0.25, 0.3) is 0 Å². The number of hydrogen-bond donors (Lipinski definition) is 1. The van der Waals surface area contributed by atoms with Gasteiger partial charge in [-0.3, -0.25) is 0 Å². The zero-order valence-electron chi connectivity index (χ0n) is 11.7. The number of rotatable bonds is 5. The SMILES string of the molecule is CC(C)S(=O)(=O)NC(c1ccccc1)c1ccccc1. The third kappa shape index (κ3) is 3.46. The quantitative estimate of drug-likeness (QED) is 0.919. The maximum Gasteiger partial charge on any atom is 0.214 e. The van der Waals surface area contributed by atoms with E-state index in [0.717, 1.165) is 11.1 Å². The second-order valence-corrected chi connectivity index (χ2v) is 7.23. The molecule has 0 fully saturated rings. The molecule has 0 aromatic heterocycles. The largest absolute Gasteiger partial charge is 0.214 e. The lowest BCUT2D eigenvalue weighted by atomic mass is 10.00. The zero-order valence-corrected chi connectivity index (χ0v) is 12.5. The lowest BCUT2D eigenvalue weighted by Crippen LogP contribution is -2.34. The molecule has 2 rings (SSSR count). The summed E-state index contributed by atoms with van der Waals surface area (Å²) in [5, 5.41) is -0.461. The van der Waals surface area contributed by atoms with Crippen molar-refractivity contribution in [3.8, 4) is 0 Å². The van der Waals surface area contributed by atoms with E-state index in [1.54, 1.807) is 13.8 Å². The Labute approximate surface area is 120 Å². The van der Waals surface area contributed by atoms with Crippen molar-refractivity contribution < 1.29 is 8.42 Å². The Hall–Kier alpha value is -1.65. The molecule has 106 valence electrons. The highest BCUT2D eigenvalue weighted by molar-refractivity contribution is 7.90. The van der Waals surface area contributed by atoms with Gasteiger partial charge in [0.05, 0.1) is 11.3 Å². The van der Waals surface area contributed by atoms with E-state index >= 15 is 0 Å². The van der Waals surface area contributed by atoms with Gasteiger partial charge in [-0.05, 0) is 25.0 Å². The Morgan fingerprint density at radius 2 is 1.20 bits per heavy atom. The molecule has 0 atom stereocenters. The Morgan fingerprint density at radius 1 is 0.800 bits per heavy atom. The van der Waals surface area contributed by atoms with Crippen molar-refractivity contribution in [1.29, 1.82) is 0 Å². The molecule has 3 nitrogen and oxygen atoms in total. The molecule has 0 radical (unpaired) electrons. The van der Waals surface area contributed by atoms with Gasteiger partial charge in [-0.1, -0.05) is 60.7 Å². The van der Waals surface area contributed by atoms with Crippen LogP contribution in [-0.2, 0) is 10.0 Å². The molecule has 0 bridgehead atoms. The fourth-order valence-electron chi connectivity index (χ4n) is 1.92. The Bertz CT molecular complexity index is 597. The third-order valence-electron chi connectivity index (χ3n) is 3.17. The van der Waals surface area contributed by atoms with Gasteiger partial charge in [0, 0.05) is 0 Å². The first-order valence-corrected chi connectivity index (χ1v) is 8.16. The van der Waals surface area contributed by atoms with Crippen LogP contribution < -0.4 is 4.72 Å². The molecule has 0 aliphatic heterocycles. The van der Waals surface area contributed by atoms with Gasteiger partial charge >= 0.3 is 0 Å². The van der Waals surface area contributed by atoms with Crippen LogP contribution in [0.4, 0.5) is 0 Å². The Morgan fingerprint density at radius 3 is 1.55 bits per heavy atom. The fourth-order valence-corrected chi connectivity index (χ4v) is 2.79. The van der Waals surface area contributed by atoms with Crippen LogP contribution in [0.15, 0.2) is 60.7 Å². The van der Waals surface area contributed by atoms with E-state index in [4.69, 9.17) is 0 Å². The van der Waals surface area contributed by atoms with Crippen molar-refractivity contribution in [3.05, 3.63) is 71.8 Å². The van der Waals surface area contributed by atoms with Gasteiger partial charge in [0.2, 0.25) is 10.0 Å². The molecule has 0 saturated heterocycles. The molecular weight excluding hydrogens is 270 g/mol. The molecule has 20 heavy (non-hydrogen) atoms. The summed E-state index contributed by atoms with van der Waals surface area (Å²) in [5.74, 6) is 0. The van der Waals surface area contributed by atoms with Crippen molar-refractivity contribution in [3.63, 3.8) is 0 Å². The van der Waals surface area contributed by atoms with Crippen molar-refractivity contribution in [2.24, 2.45) is 0 Å². The average molecular weight is 289 g/mol. The van der Waals surface area contributed by atoms with Crippen molar-refractivity contribution in [2.45, 2.75) is 25.1 Å². The highest BCUT2D eigenvalue weighted by Crippen LogP contribution is 2.23. The summed E-state index contributed by atoms with van der Waals surface area (Å²) in [7, 11) is -3.34. The first kappa shape index (κ1) is 14.8. The summed E-state index contributed by atoms with van der Waals surface area (Å²) in [5.41, 5.74) is 1.87. The lowest BCUT2D eigenvalue weighted by Gasteiger charge is -2.21. The smallest absolute Gasteiger partial charge is 0.212 e. The van der Waals surface area contributed by atoms with Gasteiger partial charge in [0.1, 0.15) is 0 Å². The second kappa shape index (κ2) is 6.20. The molecule has 2 aromatic rings. The second-order valence-electron chi connectivity index (χ2n) is 4.97. The molecule has 0 spiro atoms. The minimum Gasteiger partial charge on any atom is -0.212 e. The van der Waals surface area contributed by atoms with E-state index in [9.17, 15) is 8.42 Å². The number of nitrogens with one attached hydrogen (secondary N) is 1. The molecule has 2 aromatic carbocycles. The topological polar surface area (TPSA) is 46.2 Å². The van der Waals surface area contributed by atoms with Crippen molar-refractivity contribution in [2.75, 3.05) is 0 Å². The van der Waals surface area contributed by atoms with Gasteiger partial charge in [0.15, 0.2) is 0 Å². The molecule has 4 heteroatoms. The highest BCUT2D eigenvalue weighted by atomic mass is 32.2. The number of hydrogen-bond acceptors (Lipinski definition) is 2. The van der Waals surface area contributed by atoms with Crippen LogP contribution in [0.5, 0.6) is 0 Å². The van der Waals surface area contributed by atoms with Gasteiger partial charge in [-0.2, -0.15) is 0 Å². The Balaban J connectivity index is 2.41. The van der Waals surface area contributed by atoms with E-state index in [1.807, 2.05) is 60.7 Å². The van der Waals surface area contributed by atoms with Crippen LogP contribution in [-0.4, -0.2) is 13.7 Å². The molecule has 0 amide bonds. The van der Waals surface area contributed by atoms with Gasteiger partial charge < -0.3 is 0 Å². The van der Waals surface area contributed by atoms with E-state index < -0.39 is 15.3 Å². The normalized spacial score (nSPS) is 12.0. The minimum absolute atomic E-state index is 0.357. The standard InChI is InChI=1S/C16H19NO2S/c1-13(2)20(18,19)17-16(14-9-5-3-6-10-14)15-11-7-4-8-12-15/h3-13,16-17H,1-2H3. The molecule has 0 unspecified atom stereocenters. The fraction of sp³-hybridized carbons (Fsp3) is 0.250. The molecule has 0 heterocycles. The maximum absolute atomic E-state index is 12.2. The predicted molar refractivity (Wildman–Crippen MR) is 81.9 cm³/mol. The summed E-state index contributed by atoms with van der Waals surface area (Å²) in [4.78, 5) is 0. The van der Waals surface area contributed by atoms with Crippen LogP contribution in [0.1, 0.15) is 31.0 Å². The molecule has 1 N–H and O–H groups in total.